The summed E-state index contributed by atoms with van der Waals surface area (Å²) in [7, 11) is 0. The minimum Gasteiger partial charge on any atom is -0.308 e. The van der Waals surface area contributed by atoms with Gasteiger partial charge in [0.2, 0.25) is 5.91 Å². The van der Waals surface area contributed by atoms with Gasteiger partial charge in [0, 0.05) is 12.6 Å². The van der Waals surface area contributed by atoms with Crippen molar-refractivity contribution in [2.24, 2.45) is 0 Å². The zero-order chi connectivity index (χ0) is 13.0. The lowest BCUT2D eigenvalue weighted by atomic mass is 10.1. The fraction of sp³-hybridized carbons (Fsp3) is 0.125. The summed E-state index contributed by atoms with van der Waals surface area (Å²) in [6.07, 6.45) is 0. The largest absolute Gasteiger partial charge is 0.308 e. The Balaban J connectivity index is 2.24. The summed E-state index contributed by atoms with van der Waals surface area (Å²) in [6.45, 7) is 6.02. The number of anilines is 1. The number of benzene rings is 2. The van der Waals surface area contributed by atoms with E-state index in [2.05, 4.69) is 6.92 Å². The van der Waals surface area contributed by atoms with Crippen LogP contribution in [-0.4, -0.2) is 5.91 Å². The van der Waals surface area contributed by atoms with Gasteiger partial charge < -0.3 is 4.90 Å². The predicted octanol–water partition coefficient (Wildman–Crippen LogP) is 3.42. The van der Waals surface area contributed by atoms with Crippen LogP contribution in [0.3, 0.4) is 0 Å². The molecule has 0 saturated heterocycles. The highest BCUT2D eigenvalue weighted by molar-refractivity contribution is 5.91. The number of amides is 1. The van der Waals surface area contributed by atoms with E-state index in [1.54, 1.807) is 11.8 Å². The van der Waals surface area contributed by atoms with Crippen LogP contribution in [-0.2, 0) is 11.3 Å². The van der Waals surface area contributed by atoms with E-state index in [4.69, 9.17) is 0 Å². The summed E-state index contributed by atoms with van der Waals surface area (Å²) >= 11 is 0. The normalized spacial score (nSPS) is 10.1. The standard InChI is InChI=1S/C16H16NO/c1-13-8-10-16(11-9-13)17(14(2)18)12-15-6-4-3-5-7-15/h3-11H,1,12H2,2H3. The summed E-state index contributed by atoms with van der Waals surface area (Å²) in [4.78, 5) is 13.5. The maximum atomic E-state index is 11.7. The third-order valence-corrected chi connectivity index (χ3v) is 2.81. The van der Waals surface area contributed by atoms with Crippen LogP contribution in [0, 0.1) is 6.92 Å². The van der Waals surface area contributed by atoms with Gasteiger partial charge in [-0.15, -0.1) is 0 Å². The highest BCUT2D eigenvalue weighted by atomic mass is 16.2. The molecule has 0 unspecified atom stereocenters. The summed E-state index contributed by atoms with van der Waals surface area (Å²) in [6, 6.07) is 17.6. The summed E-state index contributed by atoms with van der Waals surface area (Å²) in [5.41, 5.74) is 2.96. The van der Waals surface area contributed by atoms with E-state index in [9.17, 15) is 4.79 Å². The van der Waals surface area contributed by atoms with Gasteiger partial charge in [-0.3, -0.25) is 4.79 Å². The van der Waals surface area contributed by atoms with Crippen molar-refractivity contribution < 1.29 is 4.79 Å². The highest BCUT2D eigenvalue weighted by Crippen LogP contribution is 2.18. The first-order chi connectivity index (χ1) is 8.66. The lowest BCUT2D eigenvalue weighted by molar-refractivity contribution is -0.116. The number of hydrogen-bond donors (Lipinski definition) is 0. The molecule has 0 aliphatic heterocycles. The molecule has 0 spiro atoms. The molecule has 18 heavy (non-hydrogen) atoms. The Morgan fingerprint density at radius 2 is 1.67 bits per heavy atom. The van der Waals surface area contributed by atoms with Crippen LogP contribution >= 0.6 is 0 Å². The van der Waals surface area contributed by atoms with Crippen LogP contribution in [0.15, 0.2) is 54.6 Å². The third kappa shape index (κ3) is 2.98. The number of rotatable bonds is 3. The molecule has 0 saturated carbocycles. The van der Waals surface area contributed by atoms with Crippen LogP contribution in [0.2, 0.25) is 0 Å². The molecule has 0 N–H and O–H groups in total. The quantitative estimate of drug-likeness (QED) is 0.802. The first-order valence-corrected chi connectivity index (χ1v) is 5.91. The molecule has 0 fully saturated rings. The highest BCUT2D eigenvalue weighted by Gasteiger charge is 2.11. The van der Waals surface area contributed by atoms with Crippen molar-refractivity contribution in [2.75, 3.05) is 4.90 Å². The molecule has 2 rings (SSSR count). The summed E-state index contributed by atoms with van der Waals surface area (Å²) in [5, 5.41) is 0. The second-order valence-electron chi connectivity index (χ2n) is 4.26. The molecule has 1 radical (unpaired) electrons. The molecule has 0 aliphatic rings. The molecular weight excluding hydrogens is 222 g/mol. The lowest BCUT2D eigenvalue weighted by Crippen LogP contribution is -2.27. The van der Waals surface area contributed by atoms with Crippen LogP contribution in [0.4, 0.5) is 5.69 Å². The van der Waals surface area contributed by atoms with Crippen LogP contribution < -0.4 is 4.90 Å². The van der Waals surface area contributed by atoms with Crippen molar-refractivity contribution in [1.29, 1.82) is 0 Å². The number of nitrogens with zero attached hydrogens (tertiary/aromatic N) is 1. The van der Waals surface area contributed by atoms with Crippen molar-refractivity contribution in [3.63, 3.8) is 0 Å². The Morgan fingerprint density at radius 1 is 1.06 bits per heavy atom. The molecule has 0 aromatic heterocycles. The van der Waals surface area contributed by atoms with Crippen LogP contribution in [0.5, 0.6) is 0 Å². The fourth-order valence-corrected chi connectivity index (χ4v) is 1.83. The summed E-state index contributed by atoms with van der Waals surface area (Å²) < 4.78 is 0. The third-order valence-electron chi connectivity index (χ3n) is 2.81. The molecule has 2 aromatic rings. The molecule has 2 heteroatoms. The van der Waals surface area contributed by atoms with Crippen molar-refractivity contribution in [3.8, 4) is 0 Å². The van der Waals surface area contributed by atoms with Crippen molar-refractivity contribution in [3.05, 3.63) is 72.6 Å². The first kappa shape index (κ1) is 12.4. The average molecular weight is 238 g/mol. The second-order valence-corrected chi connectivity index (χ2v) is 4.26. The van der Waals surface area contributed by atoms with Gasteiger partial charge in [-0.05, 0) is 30.2 Å². The Morgan fingerprint density at radius 3 is 2.22 bits per heavy atom. The van der Waals surface area contributed by atoms with E-state index >= 15 is 0 Å². The summed E-state index contributed by atoms with van der Waals surface area (Å²) in [5.74, 6) is 0.0377. The monoisotopic (exact) mass is 238 g/mol. The Labute approximate surface area is 108 Å². The SMILES string of the molecule is [CH2]c1ccc(N(Cc2ccccc2)C(C)=O)cc1. The zero-order valence-corrected chi connectivity index (χ0v) is 10.5. The van der Waals surface area contributed by atoms with Crippen molar-refractivity contribution in [1.82, 2.24) is 0 Å². The molecule has 2 nitrogen and oxygen atoms in total. The van der Waals surface area contributed by atoms with Gasteiger partial charge in [-0.1, -0.05) is 42.5 Å². The Hall–Kier alpha value is -2.09. The van der Waals surface area contributed by atoms with Gasteiger partial charge in [0.25, 0.3) is 0 Å². The molecule has 91 valence electrons. The van der Waals surface area contributed by atoms with Crippen LogP contribution in [0.1, 0.15) is 18.1 Å². The van der Waals surface area contributed by atoms with E-state index in [0.29, 0.717) is 6.54 Å². The van der Waals surface area contributed by atoms with E-state index in [0.717, 1.165) is 16.8 Å². The molecule has 0 aliphatic carbocycles. The number of carbonyl (C=O) groups excluding carboxylic acids is 1. The zero-order valence-electron chi connectivity index (χ0n) is 10.5. The van der Waals surface area contributed by atoms with E-state index in [-0.39, 0.29) is 5.91 Å². The van der Waals surface area contributed by atoms with E-state index in [1.165, 1.54) is 0 Å². The average Bonchev–Trinajstić information content (AvgIpc) is 2.38. The molecule has 1 amide bonds. The van der Waals surface area contributed by atoms with E-state index in [1.807, 2.05) is 54.6 Å². The van der Waals surface area contributed by atoms with Gasteiger partial charge in [0.1, 0.15) is 0 Å². The number of hydrogen-bond acceptors (Lipinski definition) is 1. The fourth-order valence-electron chi connectivity index (χ4n) is 1.83. The van der Waals surface area contributed by atoms with Gasteiger partial charge in [-0.25, -0.2) is 0 Å². The van der Waals surface area contributed by atoms with Crippen molar-refractivity contribution >= 4 is 11.6 Å². The minimum absolute atomic E-state index is 0.0377. The van der Waals surface area contributed by atoms with Gasteiger partial charge in [0.15, 0.2) is 0 Å². The molecule has 0 heterocycles. The predicted molar refractivity (Wildman–Crippen MR) is 74.2 cm³/mol. The topological polar surface area (TPSA) is 20.3 Å². The Bertz CT molecular complexity index is 517. The maximum Gasteiger partial charge on any atom is 0.224 e. The second kappa shape index (κ2) is 5.50. The molecule has 2 aromatic carbocycles. The number of carbonyl (C=O) groups is 1. The van der Waals surface area contributed by atoms with Crippen molar-refractivity contribution in [2.45, 2.75) is 13.5 Å². The minimum atomic E-state index is 0.0377. The molecule has 0 atom stereocenters. The van der Waals surface area contributed by atoms with E-state index < -0.39 is 0 Å². The van der Waals surface area contributed by atoms with Gasteiger partial charge in [0.05, 0.1) is 6.54 Å². The van der Waals surface area contributed by atoms with Gasteiger partial charge in [-0.2, -0.15) is 0 Å². The Kier molecular flexibility index (Phi) is 3.78. The maximum absolute atomic E-state index is 11.7. The molecule has 0 bridgehead atoms. The first-order valence-electron chi connectivity index (χ1n) is 5.91. The lowest BCUT2D eigenvalue weighted by Gasteiger charge is -2.21. The smallest absolute Gasteiger partial charge is 0.224 e. The van der Waals surface area contributed by atoms with Crippen LogP contribution in [0.25, 0.3) is 0 Å². The van der Waals surface area contributed by atoms with Gasteiger partial charge >= 0.3 is 0 Å². The molecular formula is C16H16NO.